The van der Waals surface area contributed by atoms with Crippen LogP contribution in [0, 0.1) is 0 Å². The van der Waals surface area contributed by atoms with Gasteiger partial charge in [-0.25, -0.2) is 4.79 Å². The summed E-state index contributed by atoms with van der Waals surface area (Å²) in [4.78, 5) is 11.4. The molecule has 1 aliphatic rings. The van der Waals surface area contributed by atoms with Gasteiger partial charge in [0.05, 0.1) is 0 Å². The Balaban J connectivity index is 2.06. The fourth-order valence-corrected chi connectivity index (χ4v) is 2.96. The Labute approximate surface area is 108 Å². The summed E-state index contributed by atoms with van der Waals surface area (Å²) >= 11 is 2.00. The minimum atomic E-state index is -0.423. The number of hydrogen-bond acceptors (Lipinski definition) is 4. The van der Waals surface area contributed by atoms with Gasteiger partial charge in [-0.15, -0.1) is 0 Å². The minimum Gasteiger partial charge on any atom is -0.444 e. The molecule has 0 spiro atoms. The minimum absolute atomic E-state index is 0.340. The summed E-state index contributed by atoms with van der Waals surface area (Å²) in [6.07, 6.45) is 0.881. The van der Waals surface area contributed by atoms with Gasteiger partial charge in [-0.3, -0.25) is 0 Å². The molecule has 1 heterocycles. The molecule has 1 saturated heterocycles. The van der Waals surface area contributed by atoms with Crippen LogP contribution in [0.5, 0.6) is 0 Å². The van der Waals surface area contributed by atoms with E-state index in [9.17, 15) is 4.79 Å². The molecule has 2 atom stereocenters. The zero-order valence-corrected chi connectivity index (χ0v) is 12.0. The number of thioether (sulfide) groups is 1. The van der Waals surface area contributed by atoms with Gasteiger partial charge in [-0.1, -0.05) is 6.92 Å². The van der Waals surface area contributed by atoms with E-state index in [1.807, 2.05) is 32.5 Å². The van der Waals surface area contributed by atoms with Crippen LogP contribution in [0.2, 0.25) is 0 Å². The molecular formula is C12H24N2O2S. The van der Waals surface area contributed by atoms with E-state index < -0.39 is 5.60 Å². The lowest BCUT2D eigenvalue weighted by Crippen LogP contribution is -2.40. The van der Waals surface area contributed by atoms with E-state index in [1.165, 1.54) is 12.2 Å². The SMILES string of the molecule is CC1SCCC1NCCNC(=O)OC(C)(C)C. The van der Waals surface area contributed by atoms with Gasteiger partial charge in [0, 0.05) is 24.4 Å². The van der Waals surface area contributed by atoms with Crippen molar-refractivity contribution >= 4 is 17.9 Å². The van der Waals surface area contributed by atoms with Gasteiger partial charge in [-0.2, -0.15) is 11.8 Å². The summed E-state index contributed by atoms with van der Waals surface area (Å²) in [6.45, 7) is 9.25. The van der Waals surface area contributed by atoms with Crippen molar-refractivity contribution in [3.8, 4) is 0 Å². The molecule has 1 aliphatic heterocycles. The zero-order valence-electron chi connectivity index (χ0n) is 11.2. The highest BCUT2D eigenvalue weighted by atomic mass is 32.2. The molecular weight excluding hydrogens is 236 g/mol. The lowest BCUT2D eigenvalue weighted by Gasteiger charge is -2.20. The van der Waals surface area contributed by atoms with E-state index in [-0.39, 0.29) is 6.09 Å². The number of alkyl carbamates (subject to hydrolysis) is 1. The summed E-state index contributed by atoms with van der Waals surface area (Å²) < 4.78 is 5.15. The predicted octanol–water partition coefficient (Wildman–Crippen LogP) is 1.99. The van der Waals surface area contributed by atoms with Crippen molar-refractivity contribution in [1.82, 2.24) is 10.6 Å². The van der Waals surface area contributed by atoms with Crippen molar-refractivity contribution in [2.45, 2.75) is 51.0 Å². The number of carbonyl (C=O) groups is 1. The second kappa shape index (κ2) is 6.50. The summed E-state index contributed by atoms with van der Waals surface area (Å²) in [7, 11) is 0. The van der Waals surface area contributed by atoms with Crippen LogP contribution >= 0.6 is 11.8 Å². The summed E-state index contributed by atoms with van der Waals surface area (Å²) in [5.41, 5.74) is -0.423. The smallest absolute Gasteiger partial charge is 0.407 e. The second-order valence-corrected chi connectivity index (χ2v) is 6.84. The third-order valence-corrected chi connectivity index (χ3v) is 3.90. The average Bonchev–Trinajstić information content (AvgIpc) is 2.56. The van der Waals surface area contributed by atoms with Gasteiger partial charge in [0.2, 0.25) is 0 Å². The van der Waals surface area contributed by atoms with Crippen molar-refractivity contribution in [2.75, 3.05) is 18.8 Å². The first-order valence-electron chi connectivity index (χ1n) is 6.20. The van der Waals surface area contributed by atoms with Crippen LogP contribution in [-0.2, 0) is 4.74 Å². The summed E-state index contributed by atoms with van der Waals surface area (Å²) in [5, 5.41) is 6.88. The van der Waals surface area contributed by atoms with Crippen molar-refractivity contribution < 1.29 is 9.53 Å². The molecule has 0 aliphatic carbocycles. The standard InChI is InChI=1S/C12H24N2O2S/c1-9-10(5-8-17-9)13-6-7-14-11(15)16-12(2,3)4/h9-10,13H,5-8H2,1-4H3,(H,14,15). The van der Waals surface area contributed by atoms with Gasteiger partial charge < -0.3 is 15.4 Å². The van der Waals surface area contributed by atoms with E-state index >= 15 is 0 Å². The first-order valence-corrected chi connectivity index (χ1v) is 7.25. The van der Waals surface area contributed by atoms with E-state index in [0.29, 0.717) is 17.8 Å². The Hall–Kier alpha value is -0.420. The van der Waals surface area contributed by atoms with Crippen LogP contribution in [0.15, 0.2) is 0 Å². The third kappa shape index (κ3) is 6.17. The lowest BCUT2D eigenvalue weighted by molar-refractivity contribution is 0.0528. The number of rotatable bonds is 4. The Bertz CT molecular complexity index is 253. The maximum Gasteiger partial charge on any atom is 0.407 e. The normalized spacial score (nSPS) is 24.7. The summed E-state index contributed by atoms with van der Waals surface area (Å²) in [6, 6.07) is 0.584. The molecule has 0 saturated carbocycles. The molecule has 4 nitrogen and oxygen atoms in total. The number of ether oxygens (including phenoxy) is 1. The molecule has 0 bridgehead atoms. The molecule has 2 N–H and O–H groups in total. The monoisotopic (exact) mass is 260 g/mol. The number of carbonyl (C=O) groups excluding carboxylic acids is 1. The molecule has 1 fully saturated rings. The van der Waals surface area contributed by atoms with Gasteiger partial charge >= 0.3 is 6.09 Å². The second-order valence-electron chi connectivity index (χ2n) is 5.35. The molecule has 100 valence electrons. The highest BCUT2D eigenvalue weighted by Crippen LogP contribution is 2.25. The first-order chi connectivity index (χ1) is 7.88. The Kier molecular flexibility index (Phi) is 5.59. The van der Waals surface area contributed by atoms with E-state index in [0.717, 1.165) is 6.54 Å². The molecule has 1 amide bonds. The largest absolute Gasteiger partial charge is 0.444 e. The molecule has 1 rings (SSSR count). The molecule has 0 aromatic rings. The van der Waals surface area contributed by atoms with Crippen molar-refractivity contribution in [1.29, 1.82) is 0 Å². The number of nitrogens with one attached hydrogen (secondary N) is 2. The molecule has 0 aromatic carbocycles. The topological polar surface area (TPSA) is 50.4 Å². The van der Waals surface area contributed by atoms with E-state index in [2.05, 4.69) is 17.6 Å². The fraction of sp³-hybridized carbons (Fsp3) is 0.917. The first kappa shape index (κ1) is 14.6. The molecule has 17 heavy (non-hydrogen) atoms. The van der Waals surface area contributed by atoms with Gasteiger partial charge in [0.25, 0.3) is 0 Å². The fourth-order valence-electron chi connectivity index (χ4n) is 1.74. The van der Waals surface area contributed by atoms with Crippen LogP contribution in [-0.4, -0.2) is 41.8 Å². The predicted molar refractivity (Wildman–Crippen MR) is 72.6 cm³/mol. The molecule has 0 aromatic heterocycles. The van der Waals surface area contributed by atoms with Gasteiger partial charge in [0.15, 0.2) is 0 Å². The quantitative estimate of drug-likeness (QED) is 0.759. The zero-order chi connectivity index (χ0) is 12.9. The Morgan fingerprint density at radius 2 is 2.12 bits per heavy atom. The van der Waals surface area contributed by atoms with E-state index in [1.54, 1.807) is 0 Å². The molecule has 5 heteroatoms. The highest BCUT2D eigenvalue weighted by Gasteiger charge is 2.23. The van der Waals surface area contributed by atoms with Crippen molar-refractivity contribution in [3.63, 3.8) is 0 Å². The maximum absolute atomic E-state index is 11.4. The van der Waals surface area contributed by atoms with Crippen molar-refractivity contribution in [3.05, 3.63) is 0 Å². The Morgan fingerprint density at radius 1 is 1.41 bits per heavy atom. The highest BCUT2D eigenvalue weighted by molar-refractivity contribution is 8.00. The van der Waals surface area contributed by atoms with E-state index in [4.69, 9.17) is 4.74 Å². The van der Waals surface area contributed by atoms with Gasteiger partial charge in [0.1, 0.15) is 5.60 Å². The maximum atomic E-state index is 11.4. The summed E-state index contributed by atoms with van der Waals surface area (Å²) in [5.74, 6) is 1.23. The number of amides is 1. The molecule has 2 unspecified atom stereocenters. The van der Waals surface area contributed by atoms with Crippen LogP contribution in [0.3, 0.4) is 0 Å². The number of hydrogen-bond donors (Lipinski definition) is 2. The van der Waals surface area contributed by atoms with Crippen LogP contribution < -0.4 is 10.6 Å². The lowest BCUT2D eigenvalue weighted by atomic mass is 10.2. The van der Waals surface area contributed by atoms with Crippen LogP contribution in [0.25, 0.3) is 0 Å². The third-order valence-electron chi connectivity index (χ3n) is 2.58. The average molecular weight is 260 g/mol. The molecule has 0 radical (unpaired) electrons. The Morgan fingerprint density at radius 3 is 2.65 bits per heavy atom. The van der Waals surface area contributed by atoms with Gasteiger partial charge in [-0.05, 0) is 32.9 Å². The van der Waals surface area contributed by atoms with Crippen LogP contribution in [0.4, 0.5) is 4.79 Å². The van der Waals surface area contributed by atoms with Crippen molar-refractivity contribution in [2.24, 2.45) is 0 Å². The van der Waals surface area contributed by atoms with Crippen LogP contribution in [0.1, 0.15) is 34.1 Å².